The lowest BCUT2D eigenvalue weighted by molar-refractivity contribution is 0.176. The molecule has 0 aromatic heterocycles. The van der Waals surface area contributed by atoms with Gasteiger partial charge in [-0.25, -0.2) is 0 Å². The summed E-state index contributed by atoms with van der Waals surface area (Å²) in [7, 11) is 0. The van der Waals surface area contributed by atoms with Gasteiger partial charge in [-0.1, -0.05) is 51.2 Å². The van der Waals surface area contributed by atoms with Crippen molar-refractivity contribution in [1.82, 2.24) is 0 Å². The Bertz CT molecular complexity index is 214. The summed E-state index contributed by atoms with van der Waals surface area (Å²) in [4.78, 5) is 0. The molecule has 92 valence electrons. The minimum atomic E-state index is 0.866. The Labute approximate surface area is 102 Å². The predicted molar refractivity (Wildman–Crippen MR) is 71.5 cm³/mol. The maximum atomic E-state index is 4.23. The minimum absolute atomic E-state index is 0.866. The lowest BCUT2D eigenvalue weighted by Crippen LogP contribution is -2.24. The molecule has 2 fully saturated rings. The molecule has 0 amide bonds. The fourth-order valence-electron chi connectivity index (χ4n) is 3.89. The molecule has 0 atom stereocenters. The molecule has 0 aromatic rings. The average molecular weight is 220 g/mol. The first kappa shape index (κ1) is 12.2. The summed E-state index contributed by atoms with van der Waals surface area (Å²) in [5.41, 5.74) is 1.52. The van der Waals surface area contributed by atoms with Crippen molar-refractivity contribution < 1.29 is 0 Å². The highest BCUT2D eigenvalue weighted by molar-refractivity contribution is 5.01. The fourth-order valence-corrected chi connectivity index (χ4v) is 3.89. The largest absolute Gasteiger partial charge is 0.0996 e. The van der Waals surface area contributed by atoms with Gasteiger partial charge >= 0.3 is 0 Å². The molecule has 0 unspecified atom stereocenters. The first-order valence-corrected chi connectivity index (χ1v) is 7.49. The molecule has 2 aliphatic rings. The summed E-state index contributed by atoms with van der Waals surface area (Å²) in [6, 6.07) is 0. The van der Waals surface area contributed by atoms with Crippen LogP contribution in [0.25, 0.3) is 0 Å². The number of rotatable bonds is 3. The summed E-state index contributed by atoms with van der Waals surface area (Å²) in [6.07, 6.45) is 14.6. The topological polar surface area (TPSA) is 0 Å². The SMILES string of the molecule is C=C(CC)C1CCC(C2CCCCC2)CC1. The van der Waals surface area contributed by atoms with Crippen LogP contribution in [0.15, 0.2) is 12.2 Å². The Kier molecular flexibility index (Phi) is 4.49. The van der Waals surface area contributed by atoms with E-state index >= 15 is 0 Å². The number of hydrogen-bond donors (Lipinski definition) is 0. The van der Waals surface area contributed by atoms with E-state index < -0.39 is 0 Å². The van der Waals surface area contributed by atoms with Crippen LogP contribution in [0.4, 0.5) is 0 Å². The van der Waals surface area contributed by atoms with Gasteiger partial charge in [-0.2, -0.15) is 0 Å². The molecule has 2 rings (SSSR count). The van der Waals surface area contributed by atoms with Gasteiger partial charge in [0, 0.05) is 0 Å². The normalized spacial score (nSPS) is 32.6. The lowest BCUT2D eigenvalue weighted by atomic mass is 9.70. The molecule has 16 heavy (non-hydrogen) atoms. The lowest BCUT2D eigenvalue weighted by Gasteiger charge is -2.36. The molecule has 0 aromatic carbocycles. The third-order valence-electron chi connectivity index (χ3n) is 5.12. The van der Waals surface area contributed by atoms with Gasteiger partial charge in [0.2, 0.25) is 0 Å². The molecule has 0 N–H and O–H groups in total. The fraction of sp³-hybridized carbons (Fsp3) is 0.875. The van der Waals surface area contributed by atoms with Crippen LogP contribution < -0.4 is 0 Å². The Morgan fingerprint density at radius 1 is 0.875 bits per heavy atom. The average Bonchev–Trinajstić information content (AvgIpc) is 2.39. The van der Waals surface area contributed by atoms with E-state index in [9.17, 15) is 0 Å². The van der Waals surface area contributed by atoms with Gasteiger partial charge in [0.15, 0.2) is 0 Å². The second kappa shape index (κ2) is 5.89. The highest BCUT2D eigenvalue weighted by Gasteiger charge is 2.28. The molecule has 0 spiro atoms. The summed E-state index contributed by atoms with van der Waals surface area (Å²) in [5.74, 6) is 3.02. The van der Waals surface area contributed by atoms with Crippen LogP contribution in [-0.4, -0.2) is 0 Å². The molecule has 0 heteroatoms. The van der Waals surface area contributed by atoms with Crippen molar-refractivity contribution >= 4 is 0 Å². The van der Waals surface area contributed by atoms with Crippen molar-refractivity contribution in [2.24, 2.45) is 17.8 Å². The highest BCUT2D eigenvalue weighted by Crippen LogP contribution is 2.41. The molecular weight excluding hydrogens is 192 g/mol. The van der Waals surface area contributed by atoms with Crippen molar-refractivity contribution in [1.29, 1.82) is 0 Å². The van der Waals surface area contributed by atoms with Crippen molar-refractivity contribution in [2.75, 3.05) is 0 Å². The van der Waals surface area contributed by atoms with Gasteiger partial charge < -0.3 is 0 Å². The standard InChI is InChI=1S/C16H28/c1-3-13(2)14-9-11-16(12-10-14)15-7-5-4-6-8-15/h14-16H,2-12H2,1H3. The van der Waals surface area contributed by atoms with E-state index in [1.54, 1.807) is 0 Å². The van der Waals surface area contributed by atoms with Gasteiger partial charge in [0.05, 0.1) is 0 Å². The minimum Gasteiger partial charge on any atom is -0.0996 e. The Balaban J connectivity index is 1.78. The van der Waals surface area contributed by atoms with E-state index in [1.807, 2.05) is 0 Å². The zero-order chi connectivity index (χ0) is 11.4. The Morgan fingerprint density at radius 3 is 2.00 bits per heavy atom. The Hall–Kier alpha value is -0.260. The second-order valence-corrected chi connectivity index (χ2v) is 6.02. The van der Waals surface area contributed by atoms with Gasteiger partial charge in [-0.3, -0.25) is 0 Å². The first-order valence-electron chi connectivity index (χ1n) is 7.49. The van der Waals surface area contributed by atoms with Crippen LogP contribution in [0, 0.1) is 17.8 Å². The summed E-state index contributed by atoms with van der Waals surface area (Å²) in [5, 5.41) is 0. The Morgan fingerprint density at radius 2 is 1.44 bits per heavy atom. The third-order valence-corrected chi connectivity index (χ3v) is 5.12. The third kappa shape index (κ3) is 2.90. The second-order valence-electron chi connectivity index (χ2n) is 6.02. The zero-order valence-electron chi connectivity index (χ0n) is 11.0. The van der Waals surface area contributed by atoms with E-state index in [1.165, 1.54) is 69.8 Å². The van der Waals surface area contributed by atoms with Crippen LogP contribution in [0.1, 0.15) is 71.1 Å². The van der Waals surface area contributed by atoms with E-state index in [2.05, 4.69) is 13.5 Å². The van der Waals surface area contributed by atoms with Crippen LogP contribution >= 0.6 is 0 Å². The van der Waals surface area contributed by atoms with Gasteiger partial charge in [0.1, 0.15) is 0 Å². The molecule has 0 nitrogen and oxygen atoms in total. The molecular formula is C16H28. The van der Waals surface area contributed by atoms with Crippen molar-refractivity contribution in [2.45, 2.75) is 71.1 Å². The zero-order valence-corrected chi connectivity index (χ0v) is 11.0. The number of hydrogen-bond acceptors (Lipinski definition) is 0. The van der Waals surface area contributed by atoms with Crippen molar-refractivity contribution in [3.05, 3.63) is 12.2 Å². The predicted octanol–water partition coefficient (Wildman–Crippen LogP) is 5.34. The first-order chi connectivity index (χ1) is 7.81. The van der Waals surface area contributed by atoms with Crippen molar-refractivity contribution in [3.8, 4) is 0 Å². The monoisotopic (exact) mass is 220 g/mol. The van der Waals surface area contributed by atoms with E-state index in [-0.39, 0.29) is 0 Å². The number of allylic oxidation sites excluding steroid dienone is 1. The maximum Gasteiger partial charge on any atom is -0.0206 e. The summed E-state index contributed by atoms with van der Waals surface area (Å²) in [6.45, 7) is 6.49. The molecule has 2 saturated carbocycles. The van der Waals surface area contributed by atoms with Crippen LogP contribution in [0.2, 0.25) is 0 Å². The summed E-state index contributed by atoms with van der Waals surface area (Å²) < 4.78 is 0. The molecule has 0 bridgehead atoms. The van der Waals surface area contributed by atoms with E-state index in [0.29, 0.717) is 0 Å². The maximum absolute atomic E-state index is 4.23. The van der Waals surface area contributed by atoms with Crippen LogP contribution in [0.3, 0.4) is 0 Å². The summed E-state index contributed by atoms with van der Waals surface area (Å²) >= 11 is 0. The van der Waals surface area contributed by atoms with E-state index in [4.69, 9.17) is 0 Å². The molecule has 0 aliphatic heterocycles. The molecule has 0 radical (unpaired) electrons. The van der Waals surface area contributed by atoms with E-state index in [0.717, 1.165) is 17.8 Å². The molecule has 0 heterocycles. The van der Waals surface area contributed by atoms with Crippen LogP contribution in [0.5, 0.6) is 0 Å². The smallest absolute Gasteiger partial charge is 0.0206 e. The highest BCUT2D eigenvalue weighted by atomic mass is 14.3. The van der Waals surface area contributed by atoms with Crippen molar-refractivity contribution in [3.63, 3.8) is 0 Å². The quantitative estimate of drug-likeness (QED) is 0.563. The molecule has 0 saturated heterocycles. The van der Waals surface area contributed by atoms with Gasteiger partial charge in [0.25, 0.3) is 0 Å². The van der Waals surface area contributed by atoms with Crippen LogP contribution in [-0.2, 0) is 0 Å². The molecule has 2 aliphatic carbocycles. The van der Waals surface area contributed by atoms with Gasteiger partial charge in [-0.15, -0.1) is 0 Å². The van der Waals surface area contributed by atoms with Gasteiger partial charge in [-0.05, 0) is 49.9 Å².